The molecule has 1 aromatic carbocycles. The topological polar surface area (TPSA) is 39.4 Å². The highest BCUT2D eigenvalue weighted by Gasteiger charge is 2.11. The van der Waals surface area contributed by atoms with Crippen LogP contribution < -0.4 is 4.74 Å². The molecule has 0 saturated carbocycles. The Kier molecular flexibility index (Phi) is 3.28. The van der Waals surface area contributed by atoms with Gasteiger partial charge in [0.15, 0.2) is 5.78 Å². The SMILES string of the molecule is CCOc1ccc(C(C)=O)cc1-c1ccco1. The average Bonchev–Trinajstić information content (AvgIpc) is 2.83. The smallest absolute Gasteiger partial charge is 0.159 e. The number of ether oxygens (including phenoxy) is 1. The van der Waals surface area contributed by atoms with E-state index in [2.05, 4.69) is 0 Å². The van der Waals surface area contributed by atoms with Gasteiger partial charge in [0.25, 0.3) is 0 Å². The van der Waals surface area contributed by atoms with Gasteiger partial charge in [0.2, 0.25) is 0 Å². The Bertz CT molecular complexity index is 512. The van der Waals surface area contributed by atoms with Crippen molar-refractivity contribution < 1.29 is 13.9 Å². The predicted molar refractivity (Wildman–Crippen MR) is 65.3 cm³/mol. The highest BCUT2D eigenvalue weighted by molar-refractivity contribution is 5.95. The predicted octanol–water partition coefficient (Wildman–Crippen LogP) is 3.55. The van der Waals surface area contributed by atoms with Crippen LogP contribution in [-0.2, 0) is 0 Å². The van der Waals surface area contributed by atoms with Gasteiger partial charge in [-0.3, -0.25) is 4.79 Å². The second-order valence-electron chi connectivity index (χ2n) is 3.68. The number of ketones is 1. The van der Waals surface area contributed by atoms with Crippen molar-refractivity contribution in [2.75, 3.05) is 6.61 Å². The van der Waals surface area contributed by atoms with E-state index in [4.69, 9.17) is 9.15 Å². The molecule has 0 spiro atoms. The van der Waals surface area contributed by atoms with E-state index >= 15 is 0 Å². The number of Topliss-reactive ketones (excluding diaryl/α,β-unsaturated/α-hetero) is 1. The third kappa shape index (κ3) is 2.38. The number of hydrogen-bond acceptors (Lipinski definition) is 3. The van der Waals surface area contributed by atoms with Gasteiger partial charge in [-0.25, -0.2) is 0 Å². The van der Waals surface area contributed by atoms with Crippen molar-refractivity contribution in [2.24, 2.45) is 0 Å². The summed E-state index contributed by atoms with van der Waals surface area (Å²) >= 11 is 0. The van der Waals surface area contributed by atoms with Crippen molar-refractivity contribution in [3.05, 3.63) is 42.2 Å². The zero-order valence-electron chi connectivity index (χ0n) is 9.90. The summed E-state index contributed by atoms with van der Waals surface area (Å²) in [5.74, 6) is 1.46. The molecule has 0 unspecified atom stereocenters. The third-order valence-electron chi connectivity index (χ3n) is 2.47. The fraction of sp³-hybridized carbons (Fsp3) is 0.214. The number of furan rings is 1. The first-order chi connectivity index (χ1) is 8.22. The minimum atomic E-state index is 0.0286. The summed E-state index contributed by atoms with van der Waals surface area (Å²) in [7, 11) is 0. The highest BCUT2D eigenvalue weighted by atomic mass is 16.5. The van der Waals surface area contributed by atoms with Gasteiger partial charge in [0.1, 0.15) is 11.5 Å². The Morgan fingerprint density at radius 2 is 2.18 bits per heavy atom. The minimum absolute atomic E-state index is 0.0286. The van der Waals surface area contributed by atoms with Crippen molar-refractivity contribution in [2.45, 2.75) is 13.8 Å². The highest BCUT2D eigenvalue weighted by Crippen LogP contribution is 2.31. The van der Waals surface area contributed by atoms with Gasteiger partial charge in [-0.15, -0.1) is 0 Å². The number of benzene rings is 1. The molecule has 1 heterocycles. The van der Waals surface area contributed by atoms with E-state index in [9.17, 15) is 4.79 Å². The molecule has 88 valence electrons. The maximum atomic E-state index is 11.4. The summed E-state index contributed by atoms with van der Waals surface area (Å²) in [6.07, 6.45) is 1.60. The fourth-order valence-corrected chi connectivity index (χ4v) is 1.65. The quantitative estimate of drug-likeness (QED) is 0.754. The van der Waals surface area contributed by atoms with E-state index in [-0.39, 0.29) is 5.78 Å². The summed E-state index contributed by atoms with van der Waals surface area (Å²) in [5, 5.41) is 0. The molecule has 0 amide bonds. The van der Waals surface area contributed by atoms with Crippen LogP contribution in [0, 0.1) is 0 Å². The van der Waals surface area contributed by atoms with Crippen LogP contribution in [0.4, 0.5) is 0 Å². The Morgan fingerprint density at radius 1 is 1.35 bits per heavy atom. The molecule has 3 nitrogen and oxygen atoms in total. The van der Waals surface area contributed by atoms with Crippen LogP contribution in [0.5, 0.6) is 5.75 Å². The van der Waals surface area contributed by atoms with Crippen molar-refractivity contribution in [1.82, 2.24) is 0 Å². The second kappa shape index (κ2) is 4.87. The molecule has 17 heavy (non-hydrogen) atoms. The maximum Gasteiger partial charge on any atom is 0.159 e. The first kappa shape index (κ1) is 11.5. The molecule has 0 atom stereocenters. The Balaban J connectivity index is 2.51. The molecule has 0 N–H and O–H groups in total. The molecular weight excluding hydrogens is 216 g/mol. The van der Waals surface area contributed by atoms with E-state index in [0.717, 1.165) is 11.3 Å². The maximum absolute atomic E-state index is 11.4. The van der Waals surface area contributed by atoms with E-state index in [0.29, 0.717) is 17.9 Å². The van der Waals surface area contributed by atoms with Gasteiger partial charge >= 0.3 is 0 Å². The van der Waals surface area contributed by atoms with Gasteiger partial charge in [0.05, 0.1) is 18.4 Å². The molecule has 0 fully saturated rings. The molecule has 0 saturated heterocycles. The monoisotopic (exact) mass is 230 g/mol. The Morgan fingerprint density at radius 3 is 2.76 bits per heavy atom. The van der Waals surface area contributed by atoms with Gasteiger partial charge < -0.3 is 9.15 Å². The van der Waals surface area contributed by atoms with Gasteiger partial charge in [-0.2, -0.15) is 0 Å². The molecule has 0 aliphatic heterocycles. The van der Waals surface area contributed by atoms with Crippen molar-refractivity contribution in [1.29, 1.82) is 0 Å². The Hall–Kier alpha value is -2.03. The van der Waals surface area contributed by atoms with E-state index < -0.39 is 0 Å². The summed E-state index contributed by atoms with van der Waals surface area (Å²) < 4.78 is 10.9. The largest absolute Gasteiger partial charge is 0.493 e. The lowest BCUT2D eigenvalue weighted by Crippen LogP contribution is -1.97. The van der Waals surface area contributed by atoms with Crippen molar-refractivity contribution >= 4 is 5.78 Å². The van der Waals surface area contributed by atoms with Crippen LogP contribution in [-0.4, -0.2) is 12.4 Å². The van der Waals surface area contributed by atoms with E-state index in [1.165, 1.54) is 0 Å². The van der Waals surface area contributed by atoms with Crippen LogP contribution in [0.1, 0.15) is 24.2 Å². The van der Waals surface area contributed by atoms with Crippen LogP contribution >= 0.6 is 0 Å². The van der Waals surface area contributed by atoms with Crippen LogP contribution in [0.15, 0.2) is 41.0 Å². The number of rotatable bonds is 4. The summed E-state index contributed by atoms with van der Waals surface area (Å²) in [6, 6.07) is 9.03. The van der Waals surface area contributed by atoms with Gasteiger partial charge in [-0.1, -0.05) is 0 Å². The first-order valence-electron chi connectivity index (χ1n) is 5.54. The van der Waals surface area contributed by atoms with Crippen molar-refractivity contribution in [3.63, 3.8) is 0 Å². The summed E-state index contributed by atoms with van der Waals surface area (Å²) in [6.45, 7) is 4.04. The molecule has 2 rings (SSSR count). The number of carbonyl (C=O) groups is 1. The van der Waals surface area contributed by atoms with E-state index in [1.807, 2.05) is 19.1 Å². The second-order valence-corrected chi connectivity index (χ2v) is 3.68. The summed E-state index contributed by atoms with van der Waals surface area (Å²) in [4.78, 5) is 11.4. The molecule has 1 aromatic heterocycles. The van der Waals surface area contributed by atoms with Crippen molar-refractivity contribution in [3.8, 4) is 17.1 Å². The normalized spacial score (nSPS) is 10.2. The third-order valence-corrected chi connectivity index (χ3v) is 2.47. The zero-order valence-corrected chi connectivity index (χ0v) is 9.90. The molecule has 0 bridgehead atoms. The molecule has 3 heteroatoms. The molecular formula is C14H14O3. The fourth-order valence-electron chi connectivity index (χ4n) is 1.65. The average molecular weight is 230 g/mol. The minimum Gasteiger partial charge on any atom is -0.493 e. The first-order valence-corrected chi connectivity index (χ1v) is 5.54. The molecule has 0 aliphatic rings. The van der Waals surface area contributed by atoms with Crippen LogP contribution in [0.3, 0.4) is 0 Å². The molecule has 2 aromatic rings. The lowest BCUT2D eigenvalue weighted by Gasteiger charge is -2.09. The summed E-state index contributed by atoms with van der Waals surface area (Å²) in [5.41, 5.74) is 1.46. The van der Waals surface area contributed by atoms with Gasteiger partial charge in [0, 0.05) is 5.56 Å². The van der Waals surface area contributed by atoms with Crippen LogP contribution in [0.25, 0.3) is 11.3 Å². The number of carbonyl (C=O) groups excluding carboxylic acids is 1. The standard InChI is InChI=1S/C14H14O3/c1-3-16-14-7-6-11(10(2)15)9-12(14)13-5-4-8-17-13/h4-9H,3H2,1-2H3. The van der Waals surface area contributed by atoms with E-state index in [1.54, 1.807) is 31.4 Å². The lowest BCUT2D eigenvalue weighted by atomic mass is 10.1. The molecule has 0 aliphatic carbocycles. The van der Waals surface area contributed by atoms with Crippen LogP contribution in [0.2, 0.25) is 0 Å². The molecule has 0 radical (unpaired) electrons. The van der Waals surface area contributed by atoms with Gasteiger partial charge in [-0.05, 0) is 44.2 Å². The Labute approximate surface area is 100 Å². The number of hydrogen-bond donors (Lipinski definition) is 0. The zero-order chi connectivity index (χ0) is 12.3. The lowest BCUT2D eigenvalue weighted by molar-refractivity contribution is 0.101.